The Balaban J connectivity index is 1.61. The average molecular weight is 524 g/mol. The summed E-state index contributed by atoms with van der Waals surface area (Å²) in [5.41, 5.74) is 2.49. The molecule has 1 N–H and O–H groups in total. The maximum Gasteiger partial charge on any atom is 0.359 e. The van der Waals surface area contributed by atoms with Gasteiger partial charge in [-0.2, -0.15) is 5.10 Å². The van der Waals surface area contributed by atoms with E-state index in [-0.39, 0.29) is 16.6 Å². The number of hydrogen-bond acceptors (Lipinski definition) is 5. The SMILES string of the molecule is CCCC(CNC(=O)COC(=O)c1nc(-n2nc(C)cc2C)ccc1Cl)c1ccc(Cl)cc1Cl. The Labute approximate surface area is 213 Å². The molecule has 0 bridgehead atoms. The number of aromatic nitrogens is 3. The number of amides is 1. The Morgan fingerprint density at radius 2 is 1.85 bits per heavy atom. The van der Waals surface area contributed by atoms with E-state index in [0.29, 0.717) is 22.4 Å². The van der Waals surface area contributed by atoms with Crippen molar-refractivity contribution in [3.63, 3.8) is 0 Å². The zero-order valence-electron chi connectivity index (χ0n) is 19.1. The van der Waals surface area contributed by atoms with Crippen molar-refractivity contribution in [2.24, 2.45) is 0 Å². The second-order valence-corrected chi connectivity index (χ2v) is 9.12. The van der Waals surface area contributed by atoms with Crippen molar-refractivity contribution in [1.29, 1.82) is 0 Å². The predicted octanol–water partition coefficient (Wildman–Crippen LogP) is 5.70. The summed E-state index contributed by atoms with van der Waals surface area (Å²) in [6.45, 7) is 5.67. The van der Waals surface area contributed by atoms with Gasteiger partial charge in [-0.05, 0) is 56.2 Å². The van der Waals surface area contributed by atoms with Gasteiger partial charge in [0.1, 0.15) is 0 Å². The van der Waals surface area contributed by atoms with E-state index in [2.05, 4.69) is 22.3 Å². The summed E-state index contributed by atoms with van der Waals surface area (Å²) in [4.78, 5) is 29.2. The molecule has 3 aromatic rings. The molecule has 0 spiro atoms. The Morgan fingerprint density at radius 1 is 1.09 bits per heavy atom. The highest BCUT2D eigenvalue weighted by Crippen LogP contribution is 2.30. The van der Waals surface area contributed by atoms with Gasteiger partial charge in [-0.25, -0.2) is 14.5 Å². The second kappa shape index (κ2) is 11.7. The smallest absolute Gasteiger partial charge is 0.359 e. The fourth-order valence-electron chi connectivity index (χ4n) is 3.59. The third-order valence-electron chi connectivity index (χ3n) is 5.17. The molecule has 0 fully saturated rings. The number of carbonyl (C=O) groups excluding carboxylic acids is 2. The summed E-state index contributed by atoms with van der Waals surface area (Å²) in [5, 5.41) is 8.38. The summed E-state index contributed by atoms with van der Waals surface area (Å²) in [6, 6.07) is 10.4. The van der Waals surface area contributed by atoms with Gasteiger partial charge in [0.25, 0.3) is 5.91 Å². The highest BCUT2D eigenvalue weighted by molar-refractivity contribution is 6.35. The van der Waals surface area contributed by atoms with Crippen LogP contribution < -0.4 is 5.32 Å². The van der Waals surface area contributed by atoms with Gasteiger partial charge in [-0.15, -0.1) is 0 Å². The molecule has 1 atom stereocenters. The Kier molecular flexibility index (Phi) is 8.94. The number of pyridine rings is 1. The van der Waals surface area contributed by atoms with E-state index in [1.807, 2.05) is 26.0 Å². The van der Waals surface area contributed by atoms with Crippen LogP contribution in [0.3, 0.4) is 0 Å². The van der Waals surface area contributed by atoms with Gasteiger partial charge >= 0.3 is 5.97 Å². The van der Waals surface area contributed by atoms with E-state index in [4.69, 9.17) is 39.5 Å². The van der Waals surface area contributed by atoms with Crippen molar-refractivity contribution in [2.45, 2.75) is 39.5 Å². The van der Waals surface area contributed by atoms with Gasteiger partial charge in [0.2, 0.25) is 0 Å². The van der Waals surface area contributed by atoms with Crippen LogP contribution in [0.5, 0.6) is 0 Å². The predicted molar refractivity (Wildman–Crippen MR) is 133 cm³/mol. The highest BCUT2D eigenvalue weighted by atomic mass is 35.5. The standard InChI is InChI=1S/C24H25Cl3N4O3/c1-4-5-16(18-7-6-17(25)11-20(18)27)12-28-22(32)13-34-24(33)23-19(26)8-9-21(29-23)31-15(3)10-14(2)30-31/h6-11,16H,4-5,12-13H2,1-3H3,(H,28,32). The molecule has 2 aromatic heterocycles. The Bertz CT molecular complexity index is 1200. The Hall–Kier alpha value is -2.61. The van der Waals surface area contributed by atoms with E-state index >= 15 is 0 Å². The average Bonchev–Trinajstić information content (AvgIpc) is 3.13. The lowest BCUT2D eigenvalue weighted by Crippen LogP contribution is -2.32. The van der Waals surface area contributed by atoms with Crippen LogP contribution in [0, 0.1) is 13.8 Å². The van der Waals surface area contributed by atoms with Crippen LogP contribution in [0.25, 0.3) is 5.82 Å². The first kappa shape index (κ1) is 26.0. The fraction of sp³-hybridized carbons (Fsp3) is 0.333. The first-order chi connectivity index (χ1) is 16.2. The summed E-state index contributed by atoms with van der Waals surface area (Å²) < 4.78 is 6.77. The topological polar surface area (TPSA) is 86.1 Å². The first-order valence-corrected chi connectivity index (χ1v) is 11.9. The quantitative estimate of drug-likeness (QED) is 0.364. The number of nitrogens with zero attached hydrogens (tertiary/aromatic N) is 3. The molecule has 10 heteroatoms. The van der Waals surface area contributed by atoms with Crippen molar-refractivity contribution in [3.8, 4) is 5.82 Å². The number of esters is 1. The molecule has 2 heterocycles. The lowest BCUT2D eigenvalue weighted by Gasteiger charge is -2.19. The number of hydrogen-bond donors (Lipinski definition) is 1. The van der Waals surface area contributed by atoms with E-state index in [9.17, 15) is 9.59 Å². The lowest BCUT2D eigenvalue weighted by atomic mass is 9.94. The van der Waals surface area contributed by atoms with E-state index in [0.717, 1.165) is 29.8 Å². The van der Waals surface area contributed by atoms with E-state index in [1.54, 1.807) is 28.9 Å². The van der Waals surface area contributed by atoms with Gasteiger partial charge in [0, 0.05) is 28.2 Å². The van der Waals surface area contributed by atoms with Crippen molar-refractivity contribution in [3.05, 3.63) is 74.1 Å². The zero-order valence-corrected chi connectivity index (χ0v) is 21.3. The Morgan fingerprint density at radius 3 is 2.50 bits per heavy atom. The van der Waals surface area contributed by atoms with Crippen LogP contribution in [0.15, 0.2) is 36.4 Å². The molecule has 0 aliphatic heterocycles. The van der Waals surface area contributed by atoms with Gasteiger partial charge in [-0.3, -0.25) is 4.79 Å². The largest absolute Gasteiger partial charge is 0.451 e. The summed E-state index contributed by atoms with van der Waals surface area (Å²) in [5.74, 6) is -0.809. The molecule has 7 nitrogen and oxygen atoms in total. The lowest BCUT2D eigenvalue weighted by molar-refractivity contribution is -0.124. The maximum absolute atomic E-state index is 12.6. The highest BCUT2D eigenvalue weighted by Gasteiger charge is 2.19. The summed E-state index contributed by atoms with van der Waals surface area (Å²) >= 11 is 18.5. The molecular weight excluding hydrogens is 499 g/mol. The number of carbonyl (C=O) groups is 2. The minimum Gasteiger partial charge on any atom is -0.451 e. The molecule has 0 aliphatic carbocycles. The summed E-state index contributed by atoms with van der Waals surface area (Å²) in [6.07, 6.45) is 1.73. The fourth-order valence-corrected chi connectivity index (χ4v) is 4.34. The molecule has 3 rings (SSSR count). The van der Waals surface area contributed by atoms with E-state index < -0.39 is 18.5 Å². The van der Waals surface area contributed by atoms with Crippen LogP contribution in [-0.2, 0) is 9.53 Å². The molecule has 180 valence electrons. The third-order valence-corrected chi connectivity index (χ3v) is 6.04. The first-order valence-electron chi connectivity index (χ1n) is 10.8. The van der Waals surface area contributed by atoms with Gasteiger partial charge in [0.05, 0.1) is 10.7 Å². The molecule has 0 saturated carbocycles. The maximum atomic E-state index is 12.6. The number of aryl methyl sites for hydroxylation is 2. The molecule has 1 aromatic carbocycles. The number of rotatable bonds is 9. The van der Waals surface area contributed by atoms with Crippen LogP contribution in [-0.4, -0.2) is 39.8 Å². The molecule has 0 saturated heterocycles. The number of halogens is 3. The van der Waals surface area contributed by atoms with E-state index in [1.165, 1.54) is 0 Å². The minimum absolute atomic E-state index is 0.00276. The molecule has 1 amide bonds. The van der Waals surface area contributed by atoms with Crippen molar-refractivity contribution >= 4 is 46.7 Å². The number of nitrogens with one attached hydrogen (secondary N) is 1. The zero-order chi connectivity index (χ0) is 24.8. The minimum atomic E-state index is -0.797. The van der Waals surface area contributed by atoms with Gasteiger partial charge in [0.15, 0.2) is 18.1 Å². The molecular formula is C24H25Cl3N4O3. The van der Waals surface area contributed by atoms with Gasteiger partial charge in [-0.1, -0.05) is 54.2 Å². The van der Waals surface area contributed by atoms with Crippen LogP contribution in [0.1, 0.15) is 53.1 Å². The summed E-state index contributed by atoms with van der Waals surface area (Å²) in [7, 11) is 0. The normalized spacial score (nSPS) is 11.8. The monoisotopic (exact) mass is 522 g/mol. The van der Waals surface area contributed by atoms with Crippen molar-refractivity contribution in [2.75, 3.05) is 13.2 Å². The van der Waals surface area contributed by atoms with Crippen LogP contribution in [0.4, 0.5) is 0 Å². The molecule has 1 unspecified atom stereocenters. The van der Waals surface area contributed by atoms with Crippen molar-refractivity contribution in [1.82, 2.24) is 20.1 Å². The van der Waals surface area contributed by atoms with Crippen molar-refractivity contribution < 1.29 is 14.3 Å². The number of ether oxygens (including phenoxy) is 1. The molecule has 34 heavy (non-hydrogen) atoms. The molecule has 0 radical (unpaired) electrons. The van der Waals surface area contributed by atoms with Crippen LogP contribution in [0.2, 0.25) is 15.1 Å². The third kappa shape index (κ3) is 6.50. The number of benzene rings is 1. The second-order valence-electron chi connectivity index (χ2n) is 7.87. The van der Waals surface area contributed by atoms with Crippen LogP contribution >= 0.6 is 34.8 Å². The van der Waals surface area contributed by atoms with Gasteiger partial charge < -0.3 is 10.1 Å². The molecule has 0 aliphatic rings.